The minimum Gasteiger partial charge on any atom is -0.497 e. The molecule has 1 heterocycles. The van der Waals surface area contributed by atoms with E-state index >= 15 is 0 Å². The molecule has 132 valence electrons. The van der Waals surface area contributed by atoms with Crippen LogP contribution in [0.5, 0.6) is 5.75 Å². The zero-order chi connectivity index (χ0) is 18.2. The number of thiophene rings is 1. The second-order valence-electron chi connectivity index (χ2n) is 5.65. The zero-order valence-corrected chi connectivity index (χ0v) is 15.6. The predicted octanol–water partition coefficient (Wildman–Crippen LogP) is 4.04. The highest BCUT2D eigenvalue weighted by Crippen LogP contribution is 2.25. The number of amides is 1. The average Bonchev–Trinajstić information content (AvgIpc) is 3.09. The molecule has 0 radical (unpaired) electrons. The number of benzene rings is 1. The number of methoxy groups -OCH3 is 1. The molecule has 0 spiro atoms. The maximum atomic E-state index is 12.2. The highest BCUT2D eigenvalue weighted by Gasteiger charge is 2.16. The Morgan fingerprint density at radius 1 is 1.44 bits per heavy atom. The number of nitrogens with zero attached hydrogens (tertiary/aromatic N) is 2. The fourth-order valence-electron chi connectivity index (χ4n) is 2.67. The number of carbonyl (C=O) groups excluding carboxylic acids is 1. The highest BCUT2D eigenvalue weighted by molar-refractivity contribution is 7.14. The van der Waals surface area contributed by atoms with Crippen molar-refractivity contribution in [2.45, 2.75) is 26.3 Å². The van der Waals surface area contributed by atoms with Gasteiger partial charge in [0.05, 0.1) is 12.7 Å². The van der Waals surface area contributed by atoms with Gasteiger partial charge in [-0.3, -0.25) is 9.69 Å². The lowest BCUT2D eigenvalue weighted by atomic mass is 10.1. The van der Waals surface area contributed by atoms with E-state index in [9.17, 15) is 4.79 Å². The minimum absolute atomic E-state index is 0.0738. The van der Waals surface area contributed by atoms with Crippen molar-refractivity contribution in [3.8, 4) is 11.8 Å². The van der Waals surface area contributed by atoms with Crippen molar-refractivity contribution in [3.63, 3.8) is 0 Å². The molecular formula is C19H23N3O2S. The van der Waals surface area contributed by atoms with E-state index in [0.29, 0.717) is 23.5 Å². The third kappa shape index (κ3) is 5.05. The molecule has 1 amide bonds. The molecule has 0 fully saturated rings. The third-order valence-electron chi connectivity index (χ3n) is 4.19. The SMILES string of the molecule is CCN(CCC(=O)Nc1sccc1C#N)C(C)c1cccc(OC)c1. The Morgan fingerprint density at radius 3 is 2.92 bits per heavy atom. The van der Waals surface area contributed by atoms with Crippen molar-refractivity contribution in [1.29, 1.82) is 5.26 Å². The van der Waals surface area contributed by atoms with Gasteiger partial charge >= 0.3 is 0 Å². The first kappa shape index (κ1) is 19.0. The van der Waals surface area contributed by atoms with E-state index in [1.807, 2.05) is 18.2 Å². The number of rotatable bonds is 8. The van der Waals surface area contributed by atoms with E-state index in [2.05, 4.69) is 36.2 Å². The van der Waals surface area contributed by atoms with Crippen LogP contribution in [0.25, 0.3) is 0 Å². The van der Waals surface area contributed by atoms with Gasteiger partial charge in [-0.05, 0) is 42.6 Å². The summed E-state index contributed by atoms with van der Waals surface area (Å²) in [5.74, 6) is 0.759. The summed E-state index contributed by atoms with van der Waals surface area (Å²) in [6, 6.07) is 12.0. The molecule has 6 heteroatoms. The second-order valence-corrected chi connectivity index (χ2v) is 6.57. The van der Waals surface area contributed by atoms with Crippen LogP contribution in [-0.2, 0) is 4.79 Å². The standard InChI is InChI=1S/C19H23N3O2S/c1-4-22(14(2)15-6-5-7-17(12-15)24-3)10-8-18(23)21-19-16(13-20)9-11-25-19/h5-7,9,11-12,14H,4,8,10H2,1-3H3,(H,21,23). The molecule has 0 saturated heterocycles. The number of anilines is 1. The van der Waals surface area contributed by atoms with Crippen LogP contribution in [0.4, 0.5) is 5.00 Å². The first-order chi connectivity index (χ1) is 12.1. The fraction of sp³-hybridized carbons (Fsp3) is 0.368. The van der Waals surface area contributed by atoms with Crippen molar-refractivity contribution >= 4 is 22.2 Å². The van der Waals surface area contributed by atoms with E-state index < -0.39 is 0 Å². The van der Waals surface area contributed by atoms with E-state index in [-0.39, 0.29) is 11.9 Å². The van der Waals surface area contributed by atoms with E-state index in [4.69, 9.17) is 10.00 Å². The number of carbonyl (C=O) groups is 1. The molecule has 2 rings (SSSR count). The Morgan fingerprint density at radius 2 is 2.24 bits per heavy atom. The quantitative estimate of drug-likeness (QED) is 0.774. The van der Waals surface area contributed by atoms with Gasteiger partial charge < -0.3 is 10.1 Å². The first-order valence-corrected chi connectivity index (χ1v) is 9.12. The fourth-order valence-corrected chi connectivity index (χ4v) is 3.42. The summed E-state index contributed by atoms with van der Waals surface area (Å²) in [6.07, 6.45) is 0.380. The van der Waals surface area contributed by atoms with Crippen LogP contribution in [0.1, 0.15) is 37.4 Å². The zero-order valence-electron chi connectivity index (χ0n) is 14.8. The van der Waals surface area contributed by atoms with Gasteiger partial charge in [-0.1, -0.05) is 19.1 Å². The largest absolute Gasteiger partial charge is 0.497 e. The molecule has 0 saturated carbocycles. The maximum Gasteiger partial charge on any atom is 0.226 e. The van der Waals surface area contributed by atoms with Crippen LogP contribution >= 0.6 is 11.3 Å². The predicted molar refractivity (Wildman–Crippen MR) is 101 cm³/mol. The number of hydrogen-bond acceptors (Lipinski definition) is 5. The van der Waals surface area contributed by atoms with Gasteiger partial charge in [0.2, 0.25) is 5.91 Å². The lowest BCUT2D eigenvalue weighted by Gasteiger charge is -2.28. The smallest absolute Gasteiger partial charge is 0.226 e. The second kappa shape index (κ2) is 9.21. The van der Waals surface area contributed by atoms with Gasteiger partial charge in [-0.25, -0.2) is 0 Å². The highest BCUT2D eigenvalue weighted by atomic mass is 32.1. The third-order valence-corrected chi connectivity index (χ3v) is 5.02. The van der Waals surface area contributed by atoms with Gasteiger partial charge in [0, 0.05) is 19.0 Å². The minimum atomic E-state index is -0.0738. The summed E-state index contributed by atoms with van der Waals surface area (Å²) < 4.78 is 5.29. The summed E-state index contributed by atoms with van der Waals surface area (Å²) in [7, 11) is 1.66. The molecule has 5 nitrogen and oxygen atoms in total. The van der Waals surface area contributed by atoms with Gasteiger partial charge in [0.25, 0.3) is 0 Å². The Hall–Kier alpha value is -2.36. The molecule has 0 aliphatic rings. The summed E-state index contributed by atoms with van der Waals surface area (Å²) in [5, 5.41) is 14.3. The van der Waals surface area contributed by atoms with Crippen LogP contribution in [-0.4, -0.2) is 31.0 Å². The van der Waals surface area contributed by atoms with Crippen molar-refractivity contribution in [3.05, 3.63) is 46.8 Å². The number of ether oxygens (including phenoxy) is 1. The molecule has 2 aromatic rings. The van der Waals surface area contributed by atoms with Crippen molar-refractivity contribution in [2.75, 3.05) is 25.5 Å². The Balaban J connectivity index is 1.94. The van der Waals surface area contributed by atoms with Gasteiger partial charge in [-0.2, -0.15) is 5.26 Å². The summed E-state index contributed by atoms with van der Waals surface area (Å²) >= 11 is 1.37. The van der Waals surface area contributed by atoms with Gasteiger partial charge in [0.1, 0.15) is 16.8 Å². The molecule has 1 aromatic carbocycles. The molecular weight excluding hydrogens is 334 g/mol. The topological polar surface area (TPSA) is 65.4 Å². The molecule has 1 unspecified atom stereocenters. The monoisotopic (exact) mass is 357 g/mol. The molecule has 0 aliphatic heterocycles. The Kier molecular flexibility index (Phi) is 6.99. The number of hydrogen-bond donors (Lipinski definition) is 1. The van der Waals surface area contributed by atoms with Crippen LogP contribution in [0.15, 0.2) is 35.7 Å². The lowest BCUT2D eigenvalue weighted by molar-refractivity contribution is -0.116. The van der Waals surface area contributed by atoms with E-state index in [1.54, 1.807) is 18.6 Å². The first-order valence-electron chi connectivity index (χ1n) is 8.24. The molecule has 0 aliphatic carbocycles. The molecule has 1 atom stereocenters. The summed E-state index contributed by atoms with van der Waals surface area (Å²) in [5.41, 5.74) is 1.67. The lowest BCUT2D eigenvalue weighted by Crippen LogP contribution is -2.30. The van der Waals surface area contributed by atoms with Crippen molar-refractivity contribution in [2.24, 2.45) is 0 Å². The summed E-state index contributed by atoms with van der Waals surface area (Å²) in [6.45, 7) is 5.70. The van der Waals surface area contributed by atoms with Crippen molar-refractivity contribution < 1.29 is 9.53 Å². The van der Waals surface area contributed by atoms with Crippen LogP contribution in [0.2, 0.25) is 0 Å². The van der Waals surface area contributed by atoms with Crippen LogP contribution in [0, 0.1) is 11.3 Å². The number of nitriles is 1. The summed E-state index contributed by atoms with van der Waals surface area (Å²) in [4.78, 5) is 14.4. The van der Waals surface area contributed by atoms with E-state index in [1.165, 1.54) is 11.3 Å². The Labute approximate surface area is 152 Å². The van der Waals surface area contributed by atoms with E-state index in [0.717, 1.165) is 17.9 Å². The normalized spacial score (nSPS) is 11.8. The number of nitrogens with one attached hydrogen (secondary N) is 1. The van der Waals surface area contributed by atoms with Gasteiger partial charge in [0.15, 0.2) is 0 Å². The van der Waals surface area contributed by atoms with Gasteiger partial charge in [-0.15, -0.1) is 11.3 Å². The average molecular weight is 357 g/mol. The molecule has 1 N–H and O–H groups in total. The Bertz CT molecular complexity index is 751. The molecule has 0 bridgehead atoms. The van der Waals surface area contributed by atoms with Crippen molar-refractivity contribution in [1.82, 2.24) is 4.90 Å². The van der Waals surface area contributed by atoms with Crippen LogP contribution in [0.3, 0.4) is 0 Å². The molecule has 25 heavy (non-hydrogen) atoms. The maximum absolute atomic E-state index is 12.2. The molecule has 1 aromatic heterocycles. The van der Waals surface area contributed by atoms with Crippen LogP contribution < -0.4 is 10.1 Å².